The van der Waals surface area contributed by atoms with Crippen molar-refractivity contribution in [1.82, 2.24) is 4.90 Å². The molecule has 0 unspecified atom stereocenters. The third kappa shape index (κ3) is 3.86. The van der Waals surface area contributed by atoms with Crippen molar-refractivity contribution in [3.63, 3.8) is 0 Å². The van der Waals surface area contributed by atoms with E-state index in [1.807, 2.05) is 17.0 Å². The van der Waals surface area contributed by atoms with E-state index >= 15 is 0 Å². The molecule has 0 radical (unpaired) electrons. The van der Waals surface area contributed by atoms with Crippen molar-refractivity contribution in [2.45, 2.75) is 32.1 Å². The minimum atomic E-state index is 0.147. The molecule has 0 saturated heterocycles. The fourth-order valence-electron chi connectivity index (χ4n) is 4.15. The normalized spacial score (nSPS) is 16.1. The van der Waals surface area contributed by atoms with Gasteiger partial charge >= 0.3 is 0 Å². The lowest BCUT2D eigenvalue weighted by atomic mass is 9.97. The largest absolute Gasteiger partial charge is 0.496 e. The Morgan fingerprint density at radius 2 is 1.69 bits per heavy atom. The maximum absolute atomic E-state index is 13.0. The van der Waals surface area contributed by atoms with Gasteiger partial charge in [-0.3, -0.25) is 4.79 Å². The van der Waals surface area contributed by atoms with Crippen molar-refractivity contribution in [3.05, 3.63) is 45.2 Å². The first kappa shape index (κ1) is 19.8. The predicted molar refractivity (Wildman–Crippen MR) is 116 cm³/mol. The van der Waals surface area contributed by atoms with E-state index in [-0.39, 0.29) is 5.91 Å². The molecule has 2 heterocycles. The zero-order valence-electron chi connectivity index (χ0n) is 17.2. The van der Waals surface area contributed by atoms with Gasteiger partial charge in [0.1, 0.15) is 17.2 Å². The summed E-state index contributed by atoms with van der Waals surface area (Å²) in [5.41, 5.74) is 3.45. The second-order valence-corrected chi connectivity index (χ2v) is 8.54. The summed E-state index contributed by atoms with van der Waals surface area (Å²) in [4.78, 5) is 17.3. The number of hydrogen-bond acceptors (Lipinski definition) is 5. The van der Waals surface area contributed by atoms with Gasteiger partial charge in [0, 0.05) is 30.1 Å². The molecule has 6 heteroatoms. The van der Waals surface area contributed by atoms with Gasteiger partial charge in [-0.2, -0.15) is 0 Å². The molecule has 0 bridgehead atoms. The number of ether oxygens (including phenoxy) is 3. The minimum absolute atomic E-state index is 0.147. The molecular weight excluding hydrogens is 386 g/mol. The topological polar surface area (TPSA) is 48.0 Å². The van der Waals surface area contributed by atoms with Gasteiger partial charge in [-0.1, -0.05) is 6.08 Å². The number of thiophene rings is 1. The summed E-state index contributed by atoms with van der Waals surface area (Å²) in [5.74, 6) is 2.28. The van der Waals surface area contributed by atoms with Crippen molar-refractivity contribution in [1.29, 1.82) is 0 Å². The highest BCUT2D eigenvalue weighted by molar-refractivity contribution is 7.14. The van der Waals surface area contributed by atoms with Gasteiger partial charge in [-0.05, 0) is 49.3 Å². The summed E-state index contributed by atoms with van der Waals surface area (Å²) in [7, 11) is 4.92. The standard InChI is InChI=1S/C23H27NO4S/c1-26-17-13-18(27-2)22(19(14-17)28-3)15-8-10-24(11-9-15)23(25)21-12-16-6-4-5-7-20(16)29-21/h8,12-14H,4-7,9-11H2,1-3H3. The van der Waals surface area contributed by atoms with E-state index in [4.69, 9.17) is 14.2 Å². The Labute approximate surface area is 175 Å². The molecule has 2 aromatic rings. The number of aryl methyl sites for hydroxylation is 2. The van der Waals surface area contributed by atoms with E-state index in [0.717, 1.165) is 46.8 Å². The van der Waals surface area contributed by atoms with Crippen molar-refractivity contribution < 1.29 is 19.0 Å². The van der Waals surface area contributed by atoms with Gasteiger partial charge < -0.3 is 19.1 Å². The number of benzene rings is 1. The van der Waals surface area contributed by atoms with Crippen LogP contribution in [0.5, 0.6) is 17.2 Å². The maximum Gasteiger partial charge on any atom is 0.264 e. The van der Waals surface area contributed by atoms with Crippen molar-refractivity contribution >= 4 is 22.8 Å². The van der Waals surface area contributed by atoms with Gasteiger partial charge in [0.2, 0.25) is 0 Å². The van der Waals surface area contributed by atoms with Crippen LogP contribution < -0.4 is 14.2 Å². The average molecular weight is 414 g/mol. The van der Waals surface area contributed by atoms with E-state index in [0.29, 0.717) is 18.8 Å². The van der Waals surface area contributed by atoms with Crippen LogP contribution in [0.1, 0.15) is 44.9 Å². The Morgan fingerprint density at radius 1 is 0.966 bits per heavy atom. The first-order valence-corrected chi connectivity index (χ1v) is 10.9. The molecule has 0 saturated carbocycles. The lowest BCUT2D eigenvalue weighted by molar-refractivity contribution is 0.0777. The van der Waals surface area contributed by atoms with Crippen molar-refractivity contribution in [2.75, 3.05) is 34.4 Å². The number of carbonyl (C=O) groups is 1. The molecule has 0 spiro atoms. The molecule has 154 valence electrons. The van der Waals surface area contributed by atoms with Crippen LogP contribution in [0.25, 0.3) is 5.57 Å². The van der Waals surface area contributed by atoms with Gasteiger partial charge in [0.25, 0.3) is 5.91 Å². The van der Waals surface area contributed by atoms with Crippen molar-refractivity contribution in [2.24, 2.45) is 0 Å². The van der Waals surface area contributed by atoms with Crippen LogP contribution >= 0.6 is 11.3 Å². The lowest BCUT2D eigenvalue weighted by Gasteiger charge is -2.27. The highest BCUT2D eigenvalue weighted by atomic mass is 32.1. The van der Waals surface area contributed by atoms with Crippen LogP contribution in [-0.4, -0.2) is 45.2 Å². The average Bonchev–Trinajstić information content (AvgIpc) is 3.22. The van der Waals surface area contributed by atoms with Gasteiger partial charge in [-0.25, -0.2) is 0 Å². The number of methoxy groups -OCH3 is 3. The molecule has 0 fully saturated rings. The Bertz CT molecular complexity index is 898. The smallest absolute Gasteiger partial charge is 0.264 e. The number of hydrogen-bond donors (Lipinski definition) is 0. The molecule has 1 aliphatic carbocycles. The van der Waals surface area contributed by atoms with Crippen LogP contribution in [0, 0.1) is 0 Å². The first-order valence-electron chi connectivity index (χ1n) is 10.0. The molecule has 1 amide bonds. The number of amides is 1. The molecule has 1 aromatic carbocycles. The number of nitrogens with zero attached hydrogens (tertiary/aromatic N) is 1. The summed E-state index contributed by atoms with van der Waals surface area (Å²) in [6.07, 6.45) is 7.58. The fraction of sp³-hybridized carbons (Fsp3) is 0.435. The Hall–Kier alpha value is -2.47. The van der Waals surface area contributed by atoms with E-state index in [2.05, 4.69) is 12.1 Å². The molecule has 0 N–H and O–H groups in total. The monoisotopic (exact) mass is 413 g/mol. The number of fused-ring (bicyclic) bond motifs is 1. The molecular formula is C23H27NO4S. The highest BCUT2D eigenvalue weighted by Gasteiger charge is 2.25. The molecule has 1 aliphatic heterocycles. The van der Waals surface area contributed by atoms with Crippen LogP contribution in [0.3, 0.4) is 0 Å². The number of rotatable bonds is 5. The highest BCUT2D eigenvalue weighted by Crippen LogP contribution is 2.41. The van der Waals surface area contributed by atoms with Crippen LogP contribution in [0.2, 0.25) is 0 Å². The fourth-order valence-corrected chi connectivity index (χ4v) is 5.38. The summed E-state index contributed by atoms with van der Waals surface area (Å²) < 4.78 is 16.5. The zero-order chi connectivity index (χ0) is 20.4. The zero-order valence-corrected chi connectivity index (χ0v) is 18.1. The molecule has 29 heavy (non-hydrogen) atoms. The molecule has 1 aromatic heterocycles. The van der Waals surface area contributed by atoms with E-state index in [9.17, 15) is 4.79 Å². The van der Waals surface area contributed by atoms with Crippen molar-refractivity contribution in [3.8, 4) is 17.2 Å². The maximum atomic E-state index is 13.0. The number of carbonyl (C=O) groups excluding carboxylic acids is 1. The molecule has 5 nitrogen and oxygen atoms in total. The third-order valence-corrected chi connectivity index (χ3v) is 6.96. The summed E-state index contributed by atoms with van der Waals surface area (Å²) in [6.45, 7) is 1.28. The van der Waals surface area contributed by atoms with E-state index in [1.54, 1.807) is 32.7 Å². The quantitative estimate of drug-likeness (QED) is 0.720. The van der Waals surface area contributed by atoms with Crippen LogP contribution in [-0.2, 0) is 12.8 Å². The second kappa shape index (κ2) is 8.49. The SMILES string of the molecule is COc1cc(OC)c(C2=CCN(C(=O)c3cc4c(s3)CCCC4)CC2)c(OC)c1. The third-order valence-electron chi connectivity index (χ3n) is 5.74. The van der Waals surface area contributed by atoms with Gasteiger partial charge in [0.05, 0.1) is 31.8 Å². The lowest BCUT2D eigenvalue weighted by Crippen LogP contribution is -2.34. The van der Waals surface area contributed by atoms with Gasteiger partial charge in [0.15, 0.2) is 0 Å². The second-order valence-electron chi connectivity index (χ2n) is 7.40. The van der Waals surface area contributed by atoms with Crippen LogP contribution in [0.15, 0.2) is 24.3 Å². The Balaban J connectivity index is 1.55. The predicted octanol–water partition coefficient (Wildman–Crippen LogP) is 4.58. The minimum Gasteiger partial charge on any atom is -0.496 e. The van der Waals surface area contributed by atoms with E-state index < -0.39 is 0 Å². The summed E-state index contributed by atoms with van der Waals surface area (Å²) >= 11 is 1.68. The molecule has 2 aliphatic rings. The summed E-state index contributed by atoms with van der Waals surface area (Å²) in [5, 5.41) is 0. The molecule has 0 atom stereocenters. The first-order chi connectivity index (χ1) is 14.1. The Morgan fingerprint density at radius 3 is 2.28 bits per heavy atom. The van der Waals surface area contributed by atoms with E-state index in [1.165, 1.54) is 23.3 Å². The van der Waals surface area contributed by atoms with Gasteiger partial charge in [-0.15, -0.1) is 11.3 Å². The summed E-state index contributed by atoms with van der Waals surface area (Å²) in [6, 6.07) is 5.86. The van der Waals surface area contributed by atoms with Crippen LogP contribution in [0.4, 0.5) is 0 Å². The molecule has 4 rings (SSSR count). The Kier molecular flexibility index (Phi) is 5.81.